The Hall–Kier alpha value is -1.50. The summed E-state index contributed by atoms with van der Waals surface area (Å²) in [5.74, 6) is 0.0996. The highest BCUT2D eigenvalue weighted by atomic mass is 79.9. The molecule has 98 valence electrons. The Morgan fingerprint density at radius 2 is 2.17 bits per heavy atom. The van der Waals surface area contributed by atoms with Crippen LogP contribution >= 0.6 is 15.9 Å². The average molecular weight is 317 g/mol. The fourth-order valence-corrected chi connectivity index (χ4v) is 2.00. The molecule has 6 nitrogen and oxygen atoms in total. The maximum absolute atomic E-state index is 11.7. The first kappa shape index (κ1) is 14.6. The van der Waals surface area contributed by atoms with Crippen molar-refractivity contribution in [2.75, 3.05) is 0 Å². The van der Waals surface area contributed by atoms with Crippen LogP contribution in [0.3, 0.4) is 0 Å². The van der Waals surface area contributed by atoms with Crippen molar-refractivity contribution in [3.63, 3.8) is 0 Å². The number of aryl methyl sites for hydroxylation is 1. The van der Waals surface area contributed by atoms with Gasteiger partial charge < -0.3 is 9.36 Å². The van der Waals surface area contributed by atoms with Crippen molar-refractivity contribution < 1.29 is 9.72 Å². The SMILES string of the molecule is CC(=O)CCCCn1cc(Br)cc([N+](=O)[O-])c1=O. The van der Waals surface area contributed by atoms with Gasteiger partial charge in [0.2, 0.25) is 0 Å². The summed E-state index contributed by atoms with van der Waals surface area (Å²) < 4.78 is 1.78. The van der Waals surface area contributed by atoms with Gasteiger partial charge in [0.05, 0.1) is 4.92 Å². The minimum atomic E-state index is -0.695. The highest BCUT2D eigenvalue weighted by Crippen LogP contribution is 2.14. The zero-order chi connectivity index (χ0) is 13.7. The first-order valence-corrected chi connectivity index (χ1v) is 6.25. The molecule has 1 heterocycles. The molecular formula is C11H13BrN2O4. The van der Waals surface area contributed by atoms with Gasteiger partial charge in [0.25, 0.3) is 0 Å². The molecule has 1 aromatic heterocycles. The molecule has 0 saturated carbocycles. The standard InChI is InChI=1S/C11H13BrN2O4/c1-8(15)4-2-3-5-13-7-9(12)6-10(11(13)16)14(17)18/h6-7H,2-5H2,1H3. The third kappa shape index (κ3) is 4.06. The number of nitro groups is 1. The van der Waals surface area contributed by atoms with Crippen LogP contribution in [0.15, 0.2) is 21.5 Å². The maximum atomic E-state index is 11.7. The maximum Gasteiger partial charge on any atom is 0.335 e. The summed E-state index contributed by atoms with van der Waals surface area (Å²) in [5, 5.41) is 10.7. The van der Waals surface area contributed by atoms with E-state index in [-0.39, 0.29) is 5.78 Å². The van der Waals surface area contributed by atoms with Gasteiger partial charge in [0.15, 0.2) is 0 Å². The molecule has 0 aliphatic carbocycles. The summed E-state index contributed by atoms with van der Waals surface area (Å²) in [6.07, 6.45) is 3.28. The number of rotatable bonds is 6. The van der Waals surface area contributed by atoms with Crippen LogP contribution in [0.25, 0.3) is 0 Å². The third-order valence-electron chi connectivity index (χ3n) is 2.41. The number of carbonyl (C=O) groups excluding carboxylic acids is 1. The van der Waals surface area contributed by atoms with E-state index in [4.69, 9.17) is 0 Å². The molecule has 0 aromatic carbocycles. The number of carbonyl (C=O) groups is 1. The molecule has 0 aliphatic heterocycles. The van der Waals surface area contributed by atoms with Gasteiger partial charge in [-0.2, -0.15) is 0 Å². The van der Waals surface area contributed by atoms with Gasteiger partial charge >= 0.3 is 11.2 Å². The summed E-state index contributed by atoms with van der Waals surface area (Å²) in [4.78, 5) is 32.5. The number of nitrogens with zero attached hydrogens (tertiary/aromatic N) is 2. The van der Waals surface area contributed by atoms with E-state index in [9.17, 15) is 19.7 Å². The second kappa shape index (κ2) is 6.44. The van der Waals surface area contributed by atoms with Gasteiger partial charge in [0.1, 0.15) is 5.78 Å². The Kier molecular flexibility index (Phi) is 5.21. The van der Waals surface area contributed by atoms with Crippen LogP contribution in [0.2, 0.25) is 0 Å². The van der Waals surface area contributed by atoms with Crippen molar-refractivity contribution in [3.05, 3.63) is 37.2 Å². The zero-order valence-corrected chi connectivity index (χ0v) is 11.5. The summed E-state index contributed by atoms with van der Waals surface area (Å²) >= 11 is 3.13. The summed E-state index contributed by atoms with van der Waals surface area (Å²) in [5.41, 5.74) is -1.07. The molecule has 1 aromatic rings. The van der Waals surface area contributed by atoms with Gasteiger partial charge in [-0.05, 0) is 35.7 Å². The molecule has 7 heteroatoms. The second-order valence-electron chi connectivity index (χ2n) is 3.96. The number of ketones is 1. The van der Waals surface area contributed by atoms with Crippen molar-refractivity contribution in [2.45, 2.75) is 32.7 Å². The Labute approximate surface area is 112 Å². The summed E-state index contributed by atoms with van der Waals surface area (Å²) in [7, 11) is 0. The lowest BCUT2D eigenvalue weighted by Gasteiger charge is -2.05. The van der Waals surface area contributed by atoms with Crippen LogP contribution in [0.4, 0.5) is 5.69 Å². The monoisotopic (exact) mass is 316 g/mol. The highest BCUT2D eigenvalue weighted by molar-refractivity contribution is 9.10. The Morgan fingerprint density at radius 3 is 2.72 bits per heavy atom. The lowest BCUT2D eigenvalue weighted by molar-refractivity contribution is -0.386. The predicted molar refractivity (Wildman–Crippen MR) is 69.6 cm³/mol. The van der Waals surface area contributed by atoms with E-state index in [0.717, 1.165) is 0 Å². The smallest absolute Gasteiger partial charge is 0.309 e. The van der Waals surface area contributed by atoms with E-state index >= 15 is 0 Å². The molecule has 0 spiro atoms. The minimum absolute atomic E-state index is 0.0996. The topological polar surface area (TPSA) is 82.2 Å². The zero-order valence-electron chi connectivity index (χ0n) is 9.89. The highest BCUT2D eigenvalue weighted by Gasteiger charge is 2.15. The quantitative estimate of drug-likeness (QED) is 0.458. The number of aromatic nitrogens is 1. The predicted octanol–water partition coefficient (Wildman–Crippen LogP) is 2.28. The molecule has 0 saturated heterocycles. The minimum Gasteiger partial charge on any atom is -0.309 e. The molecule has 0 unspecified atom stereocenters. The Morgan fingerprint density at radius 1 is 1.50 bits per heavy atom. The largest absolute Gasteiger partial charge is 0.335 e. The number of hydrogen-bond donors (Lipinski definition) is 0. The van der Waals surface area contributed by atoms with Gasteiger partial charge in [-0.15, -0.1) is 0 Å². The summed E-state index contributed by atoms with van der Waals surface area (Å²) in [6, 6.07) is 1.19. The molecule has 18 heavy (non-hydrogen) atoms. The van der Waals surface area contributed by atoms with Crippen molar-refractivity contribution in [3.8, 4) is 0 Å². The van der Waals surface area contributed by atoms with Crippen LogP contribution in [-0.4, -0.2) is 15.3 Å². The molecule has 0 atom stereocenters. The number of unbranched alkanes of at least 4 members (excludes halogenated alkanes) is 1. The summed E-state index contributed by atoms with van der Waals surface area (Å²) in [6.45, 7) is 1.88. The normalized spacial score (nSPS) is 10.3. The van der Waals surface area contributed by atoms with Crippen molar-refractivity contribution in [1.29, 1.82) is 0 Å². The first-order valence-electron chi connectivity index (χ1n) is 5.45. The number of hydrogen-bond acceptors (Lipinski definition) is 4. The molecule has 0 fully saturated rings. The molecule has 0 aliphatic rings. The van der Waals surface area contributed by atoms with Gasteiger partial charge in [-0.3, -0.25) is 14.9 Å². The second-order valence-corrected chi connectivity index (χ2v) is 4.87. The van der Waals surface area contributed by atoms with Crippen LogP contribution in [0.1, 0.15) is 26.2 Å². The third-order valence-corrected chi connectivity index (χ3v) is 2.84. The van der Waals surface area contributed by atoms with Crippen molar-refractivity contribution in [2.24, 2.45) is 0 Å². The average Bonchev–Trinajstić information content (AvgIpc) is 2.27. The molecule has 1 rings (SSSR count). The molecule has 0 amide bonds. The van der Waals surface area contributed by atoms with Crippen molar-refractivity contribution >= 4 is 27.4 Å². The molecule has 0 N–H and O–H groups in total. The lowest BCUT2D eigenvalue weighted by Crippen LogP contribution is -2.22. The van der Waals surface area contributed by atoms with E-state index in [0.29, 0.717) is 30.3 Å². The lowest BCUT2D eigenvalue weighted by atomic mass is 10.2. The van der Waals surface area contributed by atoms with E-state index < -0.39 is 16.2 Å². The van der Waals surface area contributed by atoms with Gasteiger partial charge in [-0.25, -0.2) is 0 Å². The molecular weight excluding hydrogens is 304 g/mol. The van der Waals surface area contributed by atoms with E-state index in [1.165, 1.54) is 23.8 Å². The number of pyridine rings is 1. The fourth-order valence-electron chi connectivity index (χ4n) is 1.54. The molecule has 0 radical (unpaired) electrons. The van der Waals surface area contributed by atoms with E-state index in [2.05, 4.69) is 15.9 Å². The Bertz CT molecular complexity index is 524. The van der Waals surface area contributed by atoms with Crippen molar-refractivity contribution in [1.82, 2.24) is 4.57 Å². The number of Topliss-reactive ketones (excluding diaryl/α,β-unsaturated/α-hetero) is 1. The van der Waals surface area contributed by atoms with Gasteiger partial charge in [-0.1, -0.05) is 0 Å². The first-order chi connectivity index (χ1) is 8.41. The van der Waals surface area contributed by atoms with E-state index in [1.54, 1.807) is 0 Å². The van der Waals surface area contributed by atoms with Crippen LogP contribution in [0, 0.1) is 10.1 Å². The molecule has 0 bridgehead atoms. The fraction of sp³-hybridized carbons (Fsp3) is 0.455. The Balaban J connectivity index is 2.80. The van der Waals surface area contributed by atoms with Crippen LogP contribution < -0.4 is 5.56 Å². The van der Waals surface area contributed by atoms with Crippen LogP contribution in [0.5, 0.6) is 0 Å². The van der Waals surface area contributed by atoms with Gasteiger partial charge in [0, 0.05) is 29.7 Å². The van der Waals surface area contributed by atoms with Crippen LogP contribution in [-0.2, 0) is 11.3 Å². The number of halogens is 1. The van der Waals surface area contributed by atoms with E-state index in [1.807, 2.05) is 0 Å².